The Hall–Kier alpha value is -3.72. The number of para-hydroxylation sites is 1. The summed E-state index contributed by atoms with van der Waals surface area (Å²) in [6.07, 6.45) is 0.246. The Morgan fingerprint density at radius 3 is 2.66 bits per heavy atom. The molecular weight excluding hydrogens is 428 g/mol. The lowest BCUT2D eigenvalue weighted by Crippen LogP contribution is -2.33. The standard InChI is InChI=1S/C23H20N4O4S/c1-14(28)19-12-17(26-27(19)16-5-3-2-4-6-16)22(29)25-23-24-18(13-32-23)15-7-8-20-21(11-15)31-10-9-30-20/h2-8,11,13,19H,9-10,12H2,1H3,(H,24,25,29)/t19-/m0/s1. The Morgan fingerprint density at radius 2 is 1.88 bits per heavy atom. The van der Waals surface area contributed by atoms with Gasteiger partial charge in [-0.25, -0.2) is 4.98 Å². The van der Waals surface area contributed by atoms with Crippen LogP contribution in [0.3, 0.4) is 0 Å². The van der Waals surface area contributed by atoms with Gasteiger partial charge in [-0.2, -0.15) is 5.10 Å². The number of thiazole rings is 1. The van der Waals surface area contributed by atoms with Gasteiger partial charge in [0.15, 0.2) is 22.4 Å². The zero-order valence-corrected chi connectivity index (χ0v) is 18.1. The fourth-order valence-corrected chi connectivity index (χ4v) is 4.33. The number of hydrazone groups is 1. The van der Waals surface area contributed by atoms with Crippen molar-refractivity contribution in [3.8, 4) is 22.8 Å². The quantitative estimate of drug-likeness (QED) is 0.639. The summed E-state index contributed by atoms with van der Waals surface area (Å²) in [4.78, 5) is 29.5. The highest BCUT2D eigenvalue weighted by atomic mass is 32.1. The minimum absolute atomic E-state index is 0.0458. The maximum Gasteiger partial charge on any atom is 0.273 e. The van der Waals surface area contributed by atoms with Crippen LogP contribution in [0.15, 0.2) is 59.0 Å². The molecule has 0 radical (unpaired) electrons. The van der Waals surface area contributed by atoms with E-state index in [1.165, 1.54) is 18.3 Å². The number of anilines is 2. The van der Waals surface area contributed by atoms with Crippen LogP contribution in [0.1, 0.15) is 13.3 Å². The zero-order chi connectivity index (χ0) is 22.1. The third-order valence-electron chi connectivity index (χ3n) is 5.23. The number of nitrogens with zero attached hydrogens (tertiary/aromatic N) is 3. The first-order valence-corrected chi connectivity index (χ1v) is 11.1. The van der Waals surface area contributed by atoms with Crippen LogP contribution in [-0.2, 0) is 9.59 Å². The van der Waals surface area contributed by atoms with E-state index < -0.39 is 6.04 Å². The van der Waals surface area contributed by atoms with Crippen molar-refractivity contribution in [1.29, 1.82) is 0 Å². The second-order valence-electron chi connectivity index (χ2n) is 7.41. The molecule has 1 aromatic heterocycles. The van der Waals surface area contributed by atoms with Gasteiger partial charge in [-0.15, -0.1) is 11.3 Å². The molecule has 0 bridgehead atoms. The average molecular weight is 449 g/mol. The van der Waals surface area contributed by atoms with Gasteiger partial charge in [0.25, 0.3) is 5.91 Å². The highest BCUT2D eigenvalue weighted by Crippen LogP contribution is 2.35. The van der Waals surface area contributed by atoms with E-state index in [-0.39, 0.29) is 18.1 Å². The molecule has 2 aliphatic rings. The molecule has 0 saturated carbocycles. The maximum absolute atomic E-state index is 12.8. The van der Waals surface area contributed by atoms with Crippen molar-refractivity contribution >= 4 is 39.6 Å². The number of aromatic nitrogens is 1. The lowest BCUT2D eigenvalue weighted by Gasteiger charge is -2.20. The molecular formula is C23H20N4O4S. The van der Waals surface area contributed by atoms with Crippen LogP contribution < -0.4 is 19.8 Å². The number of hydrogen-bond donors (Lipinski definition) is 1. The Kier molecular flexibility index (Phi) is 5.32. The molecule has 3 aromatic rings. The number of carbonyl (C=O) groups is 2. The number of benzene rings is 2. The third kappa shape index (κ3) is 3.94. The van der Waals surface area contributed by atoms with Gasteiger partial charge in [0.1, 0.15) is 25.0 Å². The fourth-order valence-electron chi connectivity index (χ4n) is 3.62. The summed E-state index contributed by atoms with van der Waals surface area (Å²) >= 11 is 1.32. The number of ketones is 1. The van der Waals surface area contributed by atoms with Gasteiger partial charge < -0.3 is 9.47 Å². The molecule has 1 N–H and O–H groups in total. The molecule has 8 nitrogen and oxygen atoms in total. The molecule has 162 valence electrons. The van der Waals surface area contributed by atoms with Crippen LogP contribution in [0.4, 0.5) is 10.8 Å². The number of rotatable bonds is 5. The van der Waals surface area contributed by atoms with Crippen LogP contribution in [0.5, 0.6) is 11.5 Å². The molecule has 9 heteroatoms. The molecule has 0 fully saturated rings. The average Bonchev–Trinajstić information content (AvgIpc) is 3.47. The molecule has 1 amide bonds. The van der Waals surface area contributed by atoms with Crippen molar-refractivity contribution in [3.63, 3.8) is 0 Å². The summed E-state index contributed by atoms with van der Waals surface area (Å²) in [5.74, 6) is 0.989. The Bertz CT molecular complexity index is 1210. The number of hydrogen-bond acceptors (Lipinski definition) is 8. The third-order valence-corrected chi connectivity index (χ3v) is 5.98. The van der Waals surface area contributed by atoms with Crippen molar-refractivity contribution in [2.75, 3.05) is 23.5 Å². The number of fused-ring (bicyclic) bond motifs is 1. The maximum atomic E-state index is 12.8. The molecule has 0 saturated heterocycles. The number of nitrogens with one attached hydrogen (secondary N) is 1. The van der Waals surface area contributed by atoms with Crippen molar-refractivity contribution < 1.29 is 19.1 Å². The zero-order valence-electron chi connectivity index (χ0n) is 17.3. The van der Waals surface area contributed by atoms with Crippen molar-refractivity contribution in [3.05, 3.63) is 53.9 Å². The van der Waals surface area contributed by atoms with E-state index >= 15 is 0 Å². The molecule has 32 heavy (non-hydrogen) atoms. The van der Waals surface area contributed by atoms with E-state index in [1.807, 2.05) is 53.9 Å². The molecule has 0 unspecified atom stereocenters. The van der Waals surface area contributed by atoms with Gasteiger partial charge in [0, 0.05) is 17.4 Å². The predicted molar refractivity (Wildman–Crippen MR) is 123 cm³/mol. The van der Waals surface area contributed by atoms with Gasteiger partial charge >= 0.3 is 0 Å². The van der Waals surface area contributed by atoms with Crippen molar-refractivity contribution in [1.82, 2.24) is 4.98 Å². The highest BCUT2D eigenvalue weighted by molar-refractivity contribution is 7.14. The first-order valence-electron chi connectivity index (χ1n) is 10.2. The first kappa shape index (κ1) is 20.2. The van der Waals surface area contributed by atoms with Gasteiger partial charge in [0.05, 0.1) is 11.4 Å². The Labute approximate surface area is 188 Å². The molecule has 2 aliphatic heterocycles. The van der Waals surface area contributed by atoms with E-state index in [2.05, 4.69) is 15.4 Å². The second kappa shape index (κ2) is 8.43. The molecule has 5 rings (SSSR count). The van der Waals surface area contributed by atoms with Crippen LogP contribution in [-0.4, -0.2) is 41.6 Å². The number of ether oxygens (including phenoxy) is 2. The normalized spacial score (nSPS) is 17.1. The summed E-state index contributed by atoms with van der Waals surface area (Å²) in [6, 6.07) is 14.5. The van der Waals surface area contributed by atoms with E-state index in [0.717, 1.165) is 16.9 Å². The molecule has 0 spiro atoms. The van der Waals surface area contributed by atoms with E-state index in [4.69, 9.17) is 9.47 Å². The smallest absolute Gasteiger partial charge is 0.273 e. The molecule has 1 atom stereocenters. The van der Waals surface area contributed by atoms with Gasteiger partial charge in [-0.05, 0) is 37.3 Å². The minimum Gasteiger partial charge on any atom is -0.486 e. The van der Waals surface area contributed by atoms with E-state index in [9.17, 15) is 9.59 Å². The van der Waals surface area contributed by atoms with Crippen molar-refractivity contribution in [2.45, 2.75) is 19.4 Å². The Balaban J connectivity index is 1.32. The number of amides is 1. The lowest BCUT2D eigenvalue weighted by molar-refractivity contribution is -0.118. The largest absolute Gasteiger partial charge is 0.486 e. The van der Waals surface area contributed by atoms with Gasteiger partial charge in [-0.1, -0.05) is 18.2 Å². The fraction of sp³-hybridized carbons (Fsp3) is 0.217. The molecule has 2 aromatic carbocycles. The minimum atomic E-state index is -0.497. The lowest BCUT2D eigenvalue weighted by atomic mass is 10.1. The molecule has 3 heterocycles. The van der Waals surface area contributed by atoms with Crippen LogP contribution in [0.25, 0.3) is 11.3 Å². The molecule has 0 aliphatic carbocycles. The van der Waals surface area contributed by atoms with E-state index in [1.54, 1.807) is 5.01 Å². The number of Topliss-reactive ketones (excluding diaryl/α,β-unsaturated/α-hetero) is 1. The predicted octanol–water partition coefficient (Wildman–Crippen LogP) is 3.74. The summed E-state index contributed by atoms with van der Waals surface area (Å²) in [5.41, 5.74) is 2.66. The Morgan fingerprint density at radius 1 is 1.09 bits per heavy atom. The summed E-state index contributed by atoms with van der Waals surface area (Å²) in [7, 11) is 0. The SMILES string of the molecule is CC(=O)[C@@H]1CC(C(=O)Nc2nc(-c3ccc4c(c3)OCCO4)cs2)=NN1c1ccccc1. The monoisotopic (exact) mass is 448 g/mol. The topological polar surface area (TPSA) is 93.1 Å². The summed E-state index contributed by atoms with van der Waals surface area (Å²) in [5, 5.41) is 11.2. The second-order valence-corrected chi connectivity index (χ2v) is 8.27. The summed E-state index contributed by atoms with van der Waals surface area (Å²) in [6.45, 7) is 2.56. The first-order chi connectivity index (χ1) is 15.6. The van der Waals surface area contributed by atoms with E-state index in [0.29, 0.717) is 35.6 Å². The van der Waals surface area contributed by atoms with Crippen LogP contribution in [0, 0.1) is 0 Å². The summed E-state index contributed by atoms with van der Waals surface area (Å²) < 4.78 is 11.2. The highest BCUT2D eigenvalue weighted by Gasteiger charge is 2.34. The van der Waals surface area contributed by atoms with Crippen molar-refractivity contribution in [2.24, 2.45) is 5.10 Å². The van der Waals surface area contributed by atoms with Gasteiger partial charge in [-0.3, -0.25) is 19.9 Å². The van der Waals surface area contributed by atoms with Gasteiger partial charge in [0.2, 0.25) is 0 Å². The number of carbonyl (C=O) groups excluding carboxylic acids is 2. The van der Waals surface area contributed by atoms with Crippen LogP contribution >= 0.6 is 11.3 Å². The van der Waals surface area contributed by atoms with Crippen LogP contribution in [0.2, 0.25) is 0 Å².